The van der Waals surface area contributed by atoms with Crippen molar-refractivity contribution in [2.45, 2.75) is 12.8 Å². The zero-order chi connectivity index (χ0) is 17.8. The van der Waals surface area contributed by atoms with Crippen LogP contribution in [0.2, 0.25) is 5.02 Å². The molecule has 0 bridgehead atoms. The number of aromatic nitrogens is 1. The standard InChI is InChI=1S/C17H14ClN3O3S/c18-11-7-8-14(21(23)24)12(10-11)17(22)19-9-3-6-16-20-13-4-1-2-5-15(13)25-16/h1-2,4-5,7-8,10H,3,6,9H2,(H,19,22). The third-order valence-electron chi connectivity index (χ3n) is 3.59. The summed E-state index contributed by atoms with van der Waals surface area (Å²) in [6.45, 7) is 0.401. The number of carbonyl (C=O) groups is 1. The van der Waals surface area contributed by atoms with Crippen molar-refractivity contribution in [2.24, 2.45) is 0 Å². The molecule has 2 aromatic carbocycles. The molecule has 0 unspecified atom stereocenters. The van der Waals surface area contributed by atoms with Gasteiger partial charge in [-0.1, -0.05) is 23.7 Å². The Hall–Kier alpha value is -2.51. The molecule has 1 aromatic heterocycles. The monoisotopic (exact) mass is 375 g/mol. The molecule has 0 aliphatic rings. The lowest BCUT2D eigenvalue weighted by molar-refractivity contribution is -0.385. The number of nitrogens with one attached hydrogen (secondary N) is 1. The van der Waals surface area contributed by atoms with Gasteiger partial charge in [0.25, 0.3) is 11.6 Å². The van der Waals surface area contributed by atoms with Crippen LogP contribution in [-0.2, 0) is 6.42 Å². The number of para-hydroxylation sites is 1. The van der Waals surface area contributed by atoms with Crippen molar-refractivity contribution >= 4 is 44.7 Å². The predicted octanol–water partition coefficient (Wildman–Crippen LogP) is 4.22. The highest BCUT2D eigenvalue weighted by Crippen LogP contribution is 2.23. The molecule has 0 spiro atoms. The SMILES string of the molecule is O=C(NCCCc1nc2ccccc2s1)c1cc(Cl)ccc1[N+](=O)[O-]. The minimum atomic E-state index is -0.591. The lowest BCUT2D eigenvalue weighted by atomic mass is 10.1. The zero-order valence-electron chi connectivity index (χ0n) is 13.1. The summed E-state index contributed by atoms with van der Waals surface area (Å²) < 4.78 is 1.14. The molecule has 25 heavy (non-hydrogen) atoms. The van der Waals surface area contributed by atoms with Crippen LogP contribution < -0.4 is 5.32 Å². The van der Waals surface area contributed by atoms with Crippen LogP contribution in [0.25, 0.3) is 10.2 Å². The fourth-order valence-corrected chi connectivity index (χ4v) is 3.59. The van der Waals surface area contributed by atoms with Crippen molar-refractivity contribution in [3.63, 3.8) is 0 Å². The molecule has 128 valence electrons. The second-order valence-corrected chi connectivity index (χ2v) is 6.90. The molecule has 0 saturated heterocycles. The van der Waals surface area contributed by atoms with Crippen molar-refractivity contribution in [3.8, 4) is 0 Å². The largest absolute Gasteiger partial charge is 0.352 e. The van der Waals surface area contributed by atoms with Gasteiger partial charge in [-0.3, -0.25) is 14.9 Å². The fraction of sp³-hybridized carbons (Fsp3) is 0.176. The highest BCUT2D eigenvalue weighted by molar-refractivity contribution is 7.18. The number of nitro groups is 1. The van der Waals surface area contributed by atoms with E-state index in [0.29, 0.717) is 13.0 Å². The first-order chi connectivity index (χ1) is 12.0. The van der Waals surface area contributed by atoms with Gasteiger partial charge in [-0.25, -0.2) is 4.98 Å². The molecule has 0 radical (unpaired) electrons. The van der Waals surface area contributed by atoms with Crippen LogP contribution in [0.15, 0.2) is 42.5 Å². The molecule has 3 rings (SSSR count). The van der Waals surface area contributed by atoms with Gasteiger partial charge in [-0.2, -0.15) is 0 Å². The molecule has 0 aliphatic carbocycles. The quantitative estimate of drug-likeness (QED) is 0.397. The first kappa shape index (κ1) is 17.3. The molecular formula is C17H14ClN3O3S. The lowest BCUT2D eigenvalue weighted by Crippen LogP contribution is -2.25. The number of thiazole rings is 1. The van der Waals surface area contributed by atoms with E-state index in [9.17, 15) is 14.9 Å². The van der Waals surface area contributed by atoms with Gasteiger partial charge in [0.15, 0.2) is 0 Å². The molecule has 6 nitrogen and oxygen atoms in total. The number of halogens is 1. The molecule has 1 N–H and O–H groups in total. The number of nitro benzene ring substituents is 1. The molecular weight excluding hydrogens is 362 g/mol. The maximum Gasteiger partial charge on any atom is 0.282 e. The normalized spacial score (nSPS) is 10.8. The first-order valence-electron chi connectivity index (χ1n) is 7.61. The van der Waals surface area contributed by atoms with Crippen LogP contribution in [-0.4, -0.2) is 22.4 Å². The molecule has 0 saturated carbocycles. The highest BCUT2D eigenvalue weighted by Gasteiger charge is 2.20. The Morgan fingerprint density at radius 3 is 2.84 bits per heavy atom. The van der Waals surface area contributed by atoms with E-state index in [1.54, 1.807) is 11.3 Å². The van der Waals surface area contributed by atoms with Crippen LogP contribution >= 0.6 is 22.9 Å². The number of fused-ring (bicyclic) bond motifs is 1. The van der Waals surface area contributed by atoms with Crippen molar-refractivity contribution < 1.29 is 9.72 Å². The van der Waals surface area contributed by atoms with Gasteiger partial charge in [-0.15, -0.1) is 11.3 Å². The van der Waals surface area contributed by atoms with E-state index in [-0.39, 0.29) is 16.3 Å². The summed E-state index contributed by atoms with van der Waals surface area (Å²) in [6, 6.07) is 11.9. The molecule has 3 aromatic rings. The van der Waals surface area contributed by atoms with Crippen molar-refractivity contribution in [3.05, 3.63) is 68.2 Å². The zero-order valence-corrected chi connectivity index (χ0v) is 14.6. The van der Waals surface area contributed by atoms with Crippen LogP contribution in [0.5, 0.6) is 0 Å². The number of carbonyl (C=O) groups excluding carboxylic acids is 1. The van der Waals surface area contributed by atoms with Gasteiger partial charge in [0.05, 0.1) is 20.1 Å². The summed E-state index contributed by atoms with van der Waals surface area (Å²) in [5.74, 6) is -0.501. The minimum absolute atomic E-state index is 0.0301. The Labute approximate surface area is 152 Å². The number of nitrogens with zero attached hydrogens (tertiary/aromatic N) is 2. The number of hydrogen-bond acceptors (Lipinski definition) is 5. The van der Waals surface area contributed by atoms with Crippen molar-refractivity contribution in [2.75, 3.05) is 6.54 Å². The van der Waals surface area contributed by atoms with Crippen LogP contribution in [0.4, 0.5) is 5.69 Å². The van der Waals surface area contributed by atoms with Crippen LogP contribution in [0.1, 0.15) is 21.8 Å². The number of benzene rings is 2. The maximum absolute atomic E-state index is 12.2. The smallest absolute Gasteiger partial charge is 0.282 e. The van der Waals surface area contributed by atoms with E-state index < -0.39 is 10.8 Å². The highest BCUT2D eigenvalue weighted by atomic mass is 35.5. The number of hydrogen-bond donors (Lipinski definition) is 1. The van der Waals surface area contributed by atoms with E-state index in [4.69, 9.17) is 11.6 Å². The Kier molecular flexibility index (Phi) is 5.25. The second-order valence-electron chi connectivity index (χ2n) is 5.35. The average molecular weight is 376 g/mol. The van der Waals surface area contributed by atoms with Crippen LogP contribution in [0.3, 0.4) is 0 Å². The Morgan fingerprint density at radius 1 is 1.28 bits per heavy atom. The first-order valence-corrected chi connectivity index (χ1v) is 8.80. The second kappa shape index (κ2) is 7.58. The lowest BCUT2D eigenvalue weighted by Gasteiger charge is -2.05. The summed E-state index contributed by atoms with van der Waals surface area (Å²) in [7, 11) is 0. The number of aryl methyl sites for hydroxylation is 1. The maximum atomic E-state index is 12.2. The summed E-state index contributed by atoms with van der Waals surface area (Å²) >= 11 is 7.47. The topological polar surface area (TPSA) is 85.1 Å². The molecule has 1 amide bonds. The predicted molar refractivity (Wildman–Crippen MR) is 98.4 cm³/mol. The molecule has 8 heteroatoms. The van der Waals surface area contributed by atoms with Gasteiger partial charge >= 0.3 is 0 Å². The molecule has 0 atom stereocenters. The third kappa shape index (κ3) is 4.12. The number of amides is 1. The van der Waals surface area contributed by atoms with Gasteiger partial charge in [0.1, 0.15) is 5.56 Å². The van der Waals surface area contributed by atoms with Gasteiger partial charge < -0.3 is 5.32 Å². The van der Waals surface area contributed by atoms with Crippen LogP contribution in [0, 0.1) is 10.1 Å². The summed E-state index contributed by atoms with van der Waals surface area (Å²) in [4.78, 5) is 27.1. The summed E-state index contributed by atoms with van der Waals surface area (Å²) in [6.07, 6.45) is 1.43. The third-order valence-corrected chi connectivity index (χ3v) is 4.92. The number of rotatable bonds is 6. The Morgan fingerprint density at radius 2 is 2.08 bits per heavy atom. The van der Waals surface area contributed by atoms with E-state index in [1.165, 1.54) is 18.2 Å². The average Bonchev–Trinajstić information content (AvgIpc) is 3.01. The Balaban J connectivity index is 1.58. The fourth-order valence-electron chi connectivity index (χ4n) is 2.41. The molecule has 1 heterocycles. The molecule has 0 fully saturated rings. The van der Waals surface area contributed by atoms with E-state index >= 15 is 0 Å². The van der Waals surface area contributed by atoms with Gasteiger partial charge in [-0.05, 0) is 30.7 Å². The van der Waals surface area contributed by atoms with Gasteiger partial charge in [0.2, 0.25) is 0 Å². The Bertz CT molecular complexity index is 909. The van der Waals surface area contributed by atoms with E-state index in [2.05, 4.69) is 10.3 Å². The van der Waals surface area contributed by atoms with Gasteiger partial charge in [0, 0.05) is 24.1 Å². The summed E-state index contributed by atoms with van der Waals surface area (Å²) in [5.41, 5.74) is 0.687. The van der Waals surface area contributed by atoms with E-state index in [1.807, 2.05) is 24.3 Å². The van der Waals surface area contributed by atoms with E-state index in [0.717, 1.165) is 21.6 Å². The minimum Gasteiger partial charge on any atom is -0.352 e. The molecule has 0 aliphatic heterocycles. The summed E-state index contributed by atoms with van der Waals surface area (Å²) in [5, 5.41) is 15.0. The van der Waals surface area contributed by atoms with Crippen molar-refractivity contribution in [1.82, 2.24) is 10.3 Å². The van der Waals surface area contributed by atoms with Crippen molar-refractivity contribution in [1.29, 1.82) is 0 Å².